The molecule has 14 heteroatoms. The molecule has 1 spiro atoms. The molecule has 0 unspecified atom stereocenters. The highest BCUT2D eigenvalue weighted by Crippen LogP contribution is 2.48. The molecule has 1 N–H and O–H groups in total. The molecule has 276 valence electrons. The van der Waals surface area contributed by atoms with Gasteiger partial charge in [-0.2, -0.15) is 0 Å². The molecule has 4 aliphatic heterocycles. The second kappa shape index (κ2) is 14.1. The Morgan fingerprint density at radius 3 is 2.71 bits per heavy atom. The van der Waals surface area contributed by atoms with Gasteiger partial charge in [-0.15, -0.1) is 0 Å². The van der Waals surface area contributed by atoms with E-state index in [1.54, 1.807) is 23.1 Å². The number of rotatable bonds is 3. The second-order valence-corrected chi connectivity index (χ2v) is 16.8. The normalized spacial score (nSPS) is 30.4. The van der Waals surface area contributed by atoms with E-state index in [0.717, 1.165) is 24.8 Å². The van der Waals surface area contributed by atoms with Crippen molar-refractivity contribution in [3.05, 3.63) is 59.1 Å². The van der Waals surface area contributed by atoms with Gasteiger partial charge in [-0.05, 0) is 88.8 Å². The molecule has 2 amide bonds. The standard InChI is InChI=1S/C37H46ClN3O9S/c1-4-46-26-13-15-40(21-26)35(43)50-31-6-5-16-49-36(2,3)34(42)39-51(44,45)27-9-12-32-30(19-27)41(20-24-7-10-28(24)31)22-37(23-48-32)14-17-47-33-18-25(38)8-11-29(33)37/h5-6,8-9,11-12,18-19,24,26,28,31H,4,7,10,13-17,20-23H2,1-3H3,(H,39,42)/b6-5+/t24-,26+,28+,31-,37-/m0/s1. The first-order chi connectivity index (χ1) is 24.4. The Hall–Kier alpha value is -3.52. The van der Waals surface area contributed by atoms with Crippen LogP contribution in [0.4, 0.5) is 10.5 Å². The highest BCUT2D eigenvalue weighted by atomic mass is 35.5. The Labute approximate surface area is 304 Å². The number of ether oxygens (including phenoxy) is 5. The van der Waals surface area contributed by atoms with E-state index in [1.807, 2.05) is 31.2 Å². The number of carbonyl (C=O) groups excluding carboxylic acids is 2. The van der Waals surface area contributed by atoms with E-state index >= 15 is 0 Å². The van der Waals surface area contributed by atoms with Gasteiger partial charge in [-0.25, -0.2) is 17.9 Å². The summed E-state index contributed by atoms with van der Waals surface area (Å²) in [5, 5.41) is 0.576. The minimum Gasteiger partial charge on any atom is -0.493 e. The zero-order chi connectivity index (χ0) is 36.0. The molecular weight excluding hydrogens is 698 g/mol. The fourth-order valence-electron chi connectivity index (χ4n) is 7.85. The first-order valence-electron chi connectivity index (χ1n) is 17.8. The summed E-state index contributed by atoms with van der Waals surface area (Å²) in [4.78, 5) is 30.6. The van der Waals surface area contributed by atoms with Gasteiger partial charge >= 0.3 is 6.09 Å². The predicted octanol–water partition coefficient (Wildman–Crippen LogP) is 5.07. The number of anilines is 1. The van der Waals surface area contributed by atoms with Crippen LogP contribution < -0.4 is 19.1 Å². The van der Waals surface area contributed by atoms with Gasteiger partial charge in [0.25, 0.3) is 15.9 Å². The van der Waals surface area contributed by atoms with E-state index in [9.17, 15) is 18.0 Å². The van der Waals surface area contributed by atoms with Crippen molar-refractivity contribution in [2.24, 2.45) is 11.8 Å². The van der Waals surface area contributed by atoms with E-state index < -0.39 is 33.1 Å². The van der Waals surface area contributed by atoms with Crippen LogP contribution in [0.2, 0.25) is 5.02 Å². The number of likely N-dealkylation sites (tertiary alicyclic amines) is 1. The van der Waals surface area contributed by atoms with Crippen molar-refractivity contribution in [2.45, 2.75) is 74.6 Å². The van der Waals surface area contributed by atoms with Crippen molar-refractivity contribution in [1.82, 2.24) is 9.62 Å². The van der Waals surface area contributed by atoms with Crippen molar-refractivity contribution >= 4 is 39.3 Å². The van der Waals surface area contributed by atoms with Gasteiger partial charge in [-0.1, -0.05) is 23.7 Å². The van der Waals surface area contributed by atoms with Crippen LogP contribution in [0.5, 0.6) is 11.5 Å². The molecule has 51 heavy (non-hydrogen) atoms. The molecule has 2 bridgehead atoms. The van der Waals surface area contributed by atoms with Crippen LogP contribution in [0, 0.1) is 11.8 Å². The average molecular weight is 744 g/mol. The summed E-state index contributed by atoms with van der Waals surface area (Å²) in [5.74, 6) is 0.555. The lowest BCUT2D eigenvalue weighted by Crippen LogP contribution is -2.50. The van der Waals surface area contributed by atoms with Crippen LogP contribution in [-0.4, -0.2) is 95.7 Å². The smallest absolute Gasteiger partial charge is 0.410 e. The molecule has 4 heterocycles. The molecular formula is C37H46ClN3O9S. The van der Waals surface area contributed by atoms with E-state index in [1.165, 1.54) is 19.9 Å². The number of amides is 2. The van der Waals surface area contributed by atoms with Crippen molar-refractivity contribution in [3.63, 3.8) is 0 Å². The maximum absolute atomic E-state index is 13.6. The number of halogens is 1. The van der Waals surface area contributed by atoms with Crippen molar-refractivity contribution < 1.29 is 41.7 Å². The van der Waals surface area contributed by atoms with E-state index in [2.05, 4.69) is 9.62 Å². The first-order valence-corrected chi connectivity index (χ1v) is 19.6. The summed E-state index contributed by atoms with van der Waals surface area (Å²) in [6.45, 7) is 8.52. The third kappa shape index (κ3) is 7.27. The van der Waals surface area contributed by atoms with Crippen LogP contribution in [-0.2, 0) is 34.4 Å². The lowest BCUT2D eigenvalue weighted by atomic mass is 9.69. The van der Waals surface area contributed by atoms with Crippen LogP contribution in [0.25, 0.3) is 0 Å². The number of hydrogen-bond acceptors (Lipinski definition) is 10. The summed E-state index contributed by atoms with van der Waals surface area (Å²) < 4.78 is 60.0. The number of nitrogens with zero attached hydrogens (tertiary/aromatic N) is 2. The first kappa shape index (κ1) is 35.9. The molecule has 1 saturated heterocycles. The summed E-state index contributed by atoms with van der Waals surface area (Å²) in [6, 6.07) is 10.4. The molecule has 2 aromatic carbocycles. The predicted molar refractivity (Wildman–Crippen MR) is 190 cm³/mol. The molecule has 1 aliphatic carbocycles. The van der Waals surface area contributed by atoms with Gasteiger partial charge < -0.3 is 33.5 Å². The van der Waals surface area contributed by atoms with Crippen LogP contribution >= 0.6 is 11.6 Å². The molecule has 12 nitrogen and oxygen atoms in total. The largest absolute Gasteiger partial charge is 0.493 e. The molecule has 1 saturated carbocycles. The van der Waals surface area contributed by atoms with Gasteiger partial charge in [0.15, 0.2) is 0 Å². The monoisotopic (exact) mass is 743 g/mol. The number of sulfonamides is 1. The lowest BCUT2D eigenvalue weighted by Gasteiger charge is -2.45. The van der Waals surface area contributed by atoms with Gasteiger partial charge in [0.1, 0.15) is 23.2 Å². The number of nitrogens with one attached hydrogen (secondary N) is 1. The molecule has 5 atom stereocenters. The topological polar surface area (TPSA) is 133 Å². The average Bonchev–Trinajstić information content (AvgIpc) is 3.49. The Bertz CT molecular complexity index is 1800. The van der Waals surface area contributed by atoms with Crippen LogP contribution in [0.1, 0.15) is 52.0 Å². The Morgan fingerprint density at radius 2 is 1.92 bits per heavy atom. The maximum Gasteiger partial charge on any atom is 0.410 e. The highest BCUT2D eigenvalue weighted by Gasteiger charge is 2.46. The summed E-state index contributed by atoms with van der Waals surface area (Å²) >= 11 is 6.36. The van der Waals surface area contributed by atoms with Crippen molar-refractivity contribution in [3.8, 4) is 11.5 Å². The van der Waals surface area contributed by atoms with E-state index in [4.69, 9.17) is 35.3 Å². The van der Waals surface area contributed by atoms with Gasteiger partial charge in [0.05, 0.1) is 48.5 Å². The Morgan fingerprint density at radius 1 is 1.08 bits per heavy atom. The van der Waals surface area contributed by atoms with E-state index in [0.29, 0.717) is 74.6 Å². The third-order valence-electron chi connectivity index (χ3n) is 11.0. The Balaban J connectivity index is 1.25. The molecule has 2 fully saturated rings. The quantitative estimate of drug-likeness (QED) is 0.425. The number of fused-ring (bicyclic) bond motifs is 4. The number of carbonyl (C=O) groups is 2. The third-order valence-corrected chi connectivity index (χ3v) is 12.5. The summed E-state index contributed by atoms with van der Waals surface area (Å²) in [7, 11) is -4.26. The molecule has 0 aromatic heterocycles. The molecule has 5 aliphatic rings. The number of benzene rings is 2. The summed E-state index contributed by atoms with van der Waals surface area (Å²) in [5.41, 5.74) is -0.363. The number of hydrogen-bond donors (Lipinski definition) is 1. The lowest BCUT2D eigenvalue weighted by molar-refractivity contribution is -0.139. The van der Waals surface area contributed by atoms with Crippen molar-refractivity contribution in [2.75, 3.05) is 57.5 Å². The minimum absolute atomic E-state index is 0.00373. The summed E-state index contributed by atoms with van der Waals surface area (Å²) in [6.07, 6.45) is 5.84. The van der Waals surface area contributed by atoms with Gasteiger partial charge in [0.2, 0.25) is 0 Å². The van der Waals surface area contributed by atoms with Gasteiger partial charge in [0, 0.05) is 42.7 Å². The Kier molecular flexibility index (Phi) is 9.94. The molecule has 0 radical (unpaired) electrons. The van der Waals surface area contributed by atoms with Crippen LogP contribution in [0.3, 0.4) is 0 Å². The zero-order valence-electron chi connectivity index (χ0n) is 29.3. The minimum atomic E-state index is -4.26. The zero-order valence-corrected chi connectivity index (χ0v) is 30.8. The van der Waals surface area contributed by atoms with Crippen molar-refractivity contribution in [1.29, 1.82) is 0 Å². The fourth-order valence-corrected chi connectivity index (χ4v) is 9.13. The highest BCUT2D eigenvalue weighted by molar-refractivity contribution is 7.90. The second-order valence-electron chi connectivity index (χ2n) is 14.7. The molecule has 7 rings (SSSR count). The van der Waals surface area contributed by atoms with E-state index in [-0.39, 0.29) is 35.5 Å². The molecule has 2 aromatic rings. The van der Waals surface area contributed by atoms with Gasteiger partial charge in [-0.3, -0.25) is 4.79 Å². The SMILES string of the molecule is CCO[C@@H]1CCN(C(=O)O[C@H]2/C=C/COC(C)(C)C(=O)NS(=O)(=O)c3ccc4c(c3)N(C[C@@H]3CC[C@H]32)C[C@@]2(CCOc3cc(Cl)ccc32)CO4)C1. The maximum atomic E-state index is 13.6. The van der Waals surface area contributed by atoms with Crippen LogP contribution in [0.15, 0.2) is 53.4 Å². The fraction of sp³-hybridized carbons (Fsp3) is 0.568.